The number of furan rings is 2. The van der Waals surface area contributed by atoms with Crippen molar-refractivity contribution in [1.82, 2.24) is 10.2 Å². The third kappa shape index (κ3) is 5.09. The lowest BCUT2D eigenvalue weighted by Gasteiger charge is -2.29. The lowest BCUT2D eigenvalue weighted by Crippen LogP contribution is -2.38. The predicted octanol–water partition coefficient (Wildman–Crippen LogP) is 4.71. The zero-order valence-corrected chi connectivity index (χ0v) is 19.1. The number of carbonyl (C=O) groups is 1. The summed E-state index contributed by atoms with van der Waals surface area (Å²) in [5, 5.41) is 3.01. The van der Waals surface area contributed by atoms with E-state index in [1.165, 1.54) is 49.2 Å². The molecule has 0 spiro atoms. The lowest BCUT2D eigenvalue weighted by molar-refractivity contribution is 0.0894. The molecule has 3 heterocycles. The van der Waals surface area contributed by atoms with Gasteiger partial charge in [-0.25, -0.2) is 8.42 Å². The van der Waals surface area contributed by atoms with Crippen LogP contribution in [0.5, 0.6) is 0 Å². The molecule has 32 heavy (non-hydrogen) atoms. The van der Waals surface area contributed by atoms with Gasteiger partial charge in [0.25, 0.3) is 5.91 Å². The van der Waals surface area contributed by atoms with Crippen LogP contribution in [0.4, 0.5) is 0 Å². The molecule has 1 fully saturated rings. The Morgan fingerprint density at radius 1 is 1.03 bits per heavy atom. The minimum absolute atomic E-state index is 0.0438. The van der Waals surface area contributed by atoms with Gasteiger partial charge < -0.3 is 14.2 Å². The van der Waals surface area contributed by atoms with Crippen molar-refractivity contribution in [2.45, 2.75) is 41.7 Å². The van der Waals surface area contributed by atoms with Gasteiger partial charge in [0.1, 0.15) is 5.76 Å². The average molecular weight is 477 g/mol. The van der Waals surface area contributed by atoms with Gasteiger partial charge in [0.15, 0.2) is 5.76 Å². The van der Waals surface area contributed by atoms with Crippen molar-refractivity contribution in [2.24, 2.45) is 0 Å². The molecule has 7 nitrogen and oxygen atoms in total. The van der Waals surface area contributed by atoms with Crippen LogP contribution >= 0.6 is 11.6 Å². The number of nitrogens with one attached hydrogen (secondary N) is 1. The molecule has 3 aromatic rings. The van der Waals surface area contributed by atoms with Gasteiger partial charge in [-0.1, -0.05) is 24.4 Å². The lowest BCUT2D eigenvalue weighted by atomic mass is 10.1. The molecule has 0 saturated carbocycles. The maximum absolute atomic E-state index is 12.8. The van der Waals surface area contributed by atoms with E-state index in [0.29, 0.717) is 11.6 Å². The second-order valence-corrected chi connectivity index (χ2v) is 10.1. The molecule has 170 valence electrons. The first kappa shape index (κ1) is 22.6. The molecule has 1 saturated heterocycles. The first-order chi connectivity index (χ1) is 15.4. The third-order valence-corrected chi connectivity index (χ3v) is 7.50. The molecule has 0 radical (unpaired) electrons. The van der Waals surface area contributed by atoms with Crippen molar-refractivity contribution in [3.8, 4) is 0 Å². The second kappa shape index (κ2) is 9.94. The maximum Gasteiger partial charge on any atom is 0.287 e. The number of carbonyl (C=O) groups excluding carboxylic acids is 1. The van der Waals surface area contributed by atoms with Crippen LogP contribution in [-0.4, -0.2) is 38.9 Å². The van der Waals surface area contributed by atoms with Crippen LogP contribution in [0.25, 0.3) is 0 Å². The summed E-state index contributed by atoms with van der Waals surface area (Å²) in [6, 6.07) is 12.1. The number of hydrogen-bond donors (Lipinski definition) is 1. The Morgan fingerprint density at radius 3 is 2.41 bits per heavy atom. The number of amides is 1. The highest BCUT2D eigenvalue weighted by Crippen LogP contribution is 2.26. The van der Waals surface area contributed by atoms with Crippen LogP contribution in [0, 0.1) is 0 Å². The summed E-state index contributed by atoms with van der Waals surface area (Å²) in [5.41, 5.74) is 0. The van der Waals surface area contributed by atoms with Crippen LogP contribution in [0.3, 0.4) is 0 Å². The van der Waals surface area contributed by atoms with Crippen molar-refractivity contribution in [2.75, 3.05) is 19.6 Å². The Hall–Kier alpha value is -2.55. The fourth-order valence-corrected chi connectivity index (χ4v) is 5.19. The van der Waals surface area contributed by atoms with E-state index in [0.717, 1.165) is 31.7 Å². The van der Waals surface area contributed by atoms with E-state index in [4.69, 9.17) is 20.4 Å². The topological polar surface area (TPSA) is 92.8 Å². The zero-order valence-electron chi connectivity index (χ0n) is 17.5. The predicted molar refractivity (Wildman–Crippen MR) is 119 cm³/mol. The Balaban J connectivity index is 1.46. The van der Waals surface area contributed by atoms with Gasteiger partial charge in [-0.3, -0.25) is 9.69 Å². The van der Waals surface area contributed by atoms with E-state index in [2.05, 4.69) is 10.2 Å². The Labute approximate surface area is 192 Å². The number of nitrogens with zero attached hydrogens (tertiary/aromatic N) is 1. The fourth-order valence-electron chi connectivity index (χ4n) is 3.89. The first-order valence-corrected chi connectivity index (χ1v) is 12.5. The van der Waals surface area contributed by atoms with Crippen LogP contribution < -0.4 is 5.32 Å². The van der Waals surface area contributed by atoms with Crippen molar-refractivity contribution in [3.63, 3.8) is 0 Å². The Bertz CT molecular complexity index is 1130. The van der Waals surface area contributed by atoms with Crippen LogP contribution in [0.1, 0.15) is 48.0 Å². The summed E-state index contributed by atoms with van der Waals surface area (Å²) < 4.78 is 36.6. The summed E-state index contributed by atoms with van der Waals surface area (Å²) in [7, 11) is -3.88. The summed E-state index contributed by atoms with van der Waals surface area (Å²) in [4.78, 5) is 15.1. The van der Waals surface area contributed by atoms with Gasteiger partial charge in [-0.2, -0.15) is 0 Å². The minimum atomic E-state index is -3.88. The monoisotopic (exact) mass is 476 g/mol. The molecule has 1 amide bonds. The summed E-state index contributed by atoms with van der Waals surface area (Å²) in [5.74, 6) is 0.248. The molecule has 1 unspecified atom stereocenters. The molecule has 2 aromatic heterocycles. The number of hydrogen-bond acceptors (Lipinski definition) is 6. The molecule has 1 aromatic carbocycles. The van der Waals surface area contributed by atoms with Crippen molar-refractivity contribution < 1.29 is 22.0 Å². The maximum atomic E-state index is 12.8. The molecule has 4 rings (SSSR count). The number of sulfone groups is 1. The molecule has 1 atom stereocenters. The largest absolute Gasteiger partial charge is 0.468 e. The average Bonchev–Trinajstić information content (AvgIpc) is 3.43. The quantitative estimate of drug-likeness (QED) is 0.531. The highest BCUT2D eigenvalue weighted by atomic mass is 35.5. The summed E-state index contributed by atoms with van der Waals surface area (Å²) in [6.07, 6.45) is 6.24. The van der Waals surface area contributed by atoms with Gasteiger partial charge in [0.2, 0.25) is 14.9 Å². The van der Waals surface area contributed by atoms with Gasteiger partial charge in [-0.05, 0) is 74.5 Å². The zero-order chi connectivity index (χ0) is 22.6. The molecule has 1 aliphatic rings. The molecule has 9 heteroatoms. The molecule has 1 N–H and O–H groups in total. The molecule has 0 aliphatic carbocycles. The summed E-state index contributed by atoms with van der Waals surface area (Å²) in [6.45, 7) is 2.20. The van der Waals surface area contributed by atoms with Crippen LogP contribution in [0.2, 0.25) is 5.02 Å². The number of rotatable bonds is 7. The molecular formula is C23H25ClN2O5S. The van der Waals surface area contributed by atoms with Crippen molar-refractivity contribution in [1.29, 1.82) is 0 Å². The Kier molecular flexibility index (Phi) is 7.03. The van der Waals surface area contributed by atoms with Crippen molar-refractivity contribution >= 4 is 27.3 Å². The van der Waals surface area contributed by atoms with Gasteiger partial charge in [0, 0.05) is 11.6 Å². The normalized spacial score (nSPS) is 16.4. The smallest absolute Gasteiger partial charge is 0.287 e. The van der Waals surface area contributed by atoms with Gasteiger partial charge in [0.05, 0.1) is 17.2 Å². The van der Waals surface area contributed by atoms with Crippen LogP contribution in [0.15, 0.2) is 73.6 Å². The van der Waals surface area contributed by atoms with E-state index in [1.807, 2.05) is 12.1 Å². The number of likely N-dealkylation sites (tertiary alicyclic amines) is 1. The van der Waals surface area contributed by atoms with E-state index in [1.54, 1.807) is 6.26 Å². The van der Waals surface area contributed by atoms with Crippen LogP contribution in [-0.2, 0) is 9.84 Å². The van der Waals surface area contributed by atoms with Gasteiger partial charge >= 0.3 is 0 Å². The van der Waals surface area contributed by atoms with E-state index in [-0.39, 0.29) is 21.8 Å². The second-order valence-electron chi connectivity index (χ2n) is 7.77. The van der Waals surface area contributed by atoms with Gasteiger partial charge in [-0.15, -0.1) is 0 Å². The molecule has 0 bridgehead atoms. The molecule has 1 aliphatic heterocycles. The van der Waals surface area contributed by atoms with Crippen molar-refractivity contribution in [3.05, 3.63) is 71.3 Å². The van der Waals surface area contributed by atoms with E-state index < -0.39 is 15.7 Å². The van der Waals surface area contributed by atoms with E-state index in [9.17, 15) is 13.2 Å². The van der Waals surface area contributed by atoms with E-state index >= 15 is 0 Å². The first-order valence-electron chi connectivity index (χ1n) is 10.6. The number of benzene rings is 1. The SMILES string of the molecule is O=C(NCC(c1ccco1)N1CCCCCC1)c1ccc(S(=O)(=O)c2ccc(Cl)cc2)o1. The molecular weight excluding hydrogens is 452 g/mol. The Morgan fingerprint density at radius 2 is 1.75 bits per heavy atom. The summed E-state index contributed by atoms with van der Waals surface area (Å²) >= 11 is 5.83. The number of halogens is 1. The highest BCUT2D eigenvalue weighted by Gasteiger charge is 2.26. The third-order valence-electron chi connectivity index (χ3n) is 5.60. The highest BCUT2D eigenvalue weighted by molar-refractivity contribution is 7.91. The fraction of sp³-hybridized carbons (Fsp3) is 0.348. The standard InChI is InChI=1S/C23H25ClN2O5S/c24-17-7-9-18(10-8-17)32(28,29)22-12-11-21(31-22)23(27)25-16-19(20-6-5-15-30-20)26-13-3-1-2-4-14-26/h5-12,15,19H,1-4,13-14,16H2,(H,25,27). The minimum Gasteiger partial charge on any atom is -0.468 e.